The number of hydrogen-bond donors (Lipinski definition) is 4. The zero-order valence-corrected chi connectivity index (χ0v) is 17.3. The molecule has 3 aromatic rings. The number of rotatable bonds is 5. The highest BCUT2D eigenvalue weighted by molar-refractivity contribution is 6.04. The molecule has 0 spiro atoms. The first-order valence-corrected chi connectivity index (χ1v) is 9.76. The lowest BCUT2D eigenvalue weighted by atomic mass is 9.92. The minimum atomic E-state index is -1.12. The first-order chi connectivity index (χ1) is 15.3. The van der Waals surface area contributed by atoms with Crippen molar-refractivity contribution >= 4 is 35.0 Å². The van der Waals surface area contributed by atoms with Gasteiger partial charge in [-0.3, -0.25) is 19.4 Å². The molecule has 2 amide bonds. The van der Waals surface area contributed by atoms with Crippen LogP contribution in [0.4, 0.5) is 27.5 Å². The van der Waals surface area contributed by atoms with Crippen LogP contribution in [0, 0.1) is 12.7 Å². The number of halogens is 1. The summed E-state index contributed by atoms with van der Waals surface area (Å²) < 4.78 is 19.3. The van der Waals surface area contributed by atoms with Crippen molar-refractivity contribution in [2.24, 2.45) is 0 Å². The van der Waals surface area contributed by atoms with Crippen LogP contribution in [0.25, 0.3) is 0 Å². The summed E-state index contributed by atoms with van der Waals surface area (Å²) in [5.41, 5.74) is 0.710. The monoisotopic (exact) mass is 437 g/mol. The molecule has 4 N–H and O–H groups in total. The molecule has 0 aliphatic carbocycles. The maximum atomic E-state index is 14.1. The third-order valence-electron chi connectivity index (χ3n) is 5.00. The molecule has 32 heavy (non-hydrogen) atoms. The van der Waals surface area contributed by atoms with Crippen LogP contribution in [0.15, 0.2) is 47.3 Å². The van der Waals surface area contributed by atoms with E-state index in [1.165, 1.54) is 12.1 Å². The van der Waals surface area contributed by atoms with E-state index in [2.05, 4.69) is 25.9 Å². The molecule has 4 rings (SSSR count). The Labute approximate surface area is 182 Å². The number of aromatic nitrogens is 2. The summed E-state index contributed by atoms with van der Waals surface area (Å²) in [6, 6.07) is 11.3. The number of carbonyl (C=O) groups is 2. The van der Waals surface area contributed by atoms with Gasteiger partial charge in [0.25, 0.3) is 5.56 Å². The lowest BCUT2D eigenvalue weighted by Crippen LogP contribution is -2.36. The molecule has 2 aromatic carbocycles. The highest BCUT2D eigenvalue weighted by Crippen LogP contribution is 2.30. The number of nitrogens with zero attached hydrogens (tertiary/aromatic N) is 1. The molecular weight excluding hydrogens is 417 g/mol. The van der Waals surface area contributed by atoms with Gasteiger partial charge in [0.15, 0.2) is 0 Å². The average Bonchev–Trinajstić information content (AvgIpc) is 2.75. The molecule has 1 aromatic heterocycles. The fourth-order valence-corrected chi connectivity index (χ4v) is 3.41. The Bertz CT molecular complexity index is 1260. The number of aryl methyl sites for hydroxylation is 1. The van der Waals surface area contributed by atoms with Gasteiger partial charge in [-0.15, -0.1) is 0 Å². The summed E-state index contributed by atoms with van der Waals surface area (Å²) in [5, 5.41) is 7.92. The van der Waals surface area contributed by atoms with Crippen LogP contribution in [0.2, 0.25) is 0 Å². The number of anilines is 4. The van der Waals surface area contributed by atoms with Crippen molar-refractivity contribution in [1.82, 2.24) is 9.97 Å². The zero-order chi connectivity index (χ0) is 22.8. The summed E-state index contributed by atoms with van der Waals surface area (Å²) in [6.07, 6.45) is -0.262. The largest absolute Gasteiger partial charge is 0.497 e. The summed E-state index contributed by atoms with van der Waals surface area (Å²) in [7, 11) is 1.55. The average molecular weight is 437 g/mol. The van der Waals surface area contributed by atoms with Gasteiger partial charge in [0.2, 0.25) is 17.8 Å². The number of H-pyrrole nitrogens is 1. The molecule has 0 radical (unpaired) electrons. The van der Waals surface area contributed by atoms with Crippen molar-refractivity contribution in [2.45, 2.75) is 19.3 Å². The van der Waals surface area contributed by atoms with Crippen molar-refractivity contribution in [3.8, 4) is 5.75 Å². The van der Waals surface area contributed by atoms with Gasteiger partial charge in [-0.05, 0) is 48.9 Å². The van der Waals surface area contributed by atoms with Crippen LogP contribution in [0.5, 0.6) is 5.75 Å². The molecule has 10 heteroatoms. The third-order valence-corrected chi connectivity index (χ3v) is 5.00. The van der Waals surface area contributed by atoms with E-state index in [0.29, 0.717) is 17.0 Å². The number of hydrogen-bond acceptors (Lipinski definition) is 6. The Morgan fingerprint density at radius 3 is 2.62 bits per heavy atom. The molecule has 0 saturated carbocycles. The lowest BCUT2D eigenvalue weighted by Gasteiger charge is -2.23. The van der Waals surface area contributed by atoms with Crippen LogP contribution in [0.1, 0.15) is 23.5 Å². The molecule has 0 bridgehead atoms. The number of fused-ring (bicyclic) bond motifs is 1. The van der Waals surface area contributed by atoms with Gasteiger partial charge in [0.05, 0.1) is 24.3 Å². The van der Waals surface area contributed by atoms with Crippen LogP contribution in [-0.2, 0) is 9.59 Å². The van der Waals surface area contributed by atoms with Crippen LogP contribution in [-0.4, -0.2) is 28.9 Å². The van der Waals surface area contributed by atoms with Crippen molar-refractivity contribution in [3.05, 3.63) is 69.8 Å². The van der Waals surface area contributed by atoms with Crippen molar-refractivity contribution in [1.29, 1.82) is 0 Å². The third kappa shape index (κ3) is 4.29. The number of benzene rings is 2. The van der Waals surface area contributed by atoms with E-state index < -0.39 is 29.1 Å². The first kappa shape index (κ1) is 21.0. The van der Waals surface area contributed by atoms with Crippen molar-refractivity contribution in [2.75, 3.05) is 23.1 Å². The number of ether oxygens (including phenoxy) is 1. The Hall–Kier alpha value is -4.21. The van der Waals surface area contributed by atoms with Crippen LogP contribution < -0.4 is 26.2 Å². The predicted molar refractivity (Wildman–Crippen MR) is 117 cm³/mol. The Balaban J connectivity index is 1.62. The van der Waals surface area contributed by atoms with E-state index in [4.69, 9.17) is 4.74 Å². The lowest BCUT2D eigenvalue weighted by molar-refractivity contribution is -0.123. The van der Waals surface area contributed by atoms with Crippen LogP contribution in [0.3, 0.4) is 0 Å². The molecule has 164 valence electrons. The van der Waals surface area contributed by atoms with Crippen LogP contribution >= 0.6 is 0 Å². The van der Waals surface area contributed by atoms with E-state index in [-0.39, 0.29) is 29.4 Å². The molecule has 1 atom stereocenters. The standard InChI is InChI=1S/C22H20FN5O4/c1-11-3-8-16(15(23)9-11)25-20(30)14-10-17(29)26-19-18(14)21(31)28-22(27-19)24-12-4-6-13(32-2)7-5-12/h3-9,14H,10H2,1-2H3,(H,25,30)(H3,24,26,27,28,29,31)/t14-/m0/s1. The molecule has 0 unspecified atom stereocenters. The summed E-state index contributed by atoms with van der Waals surface area (Å²) in [5.74, 6) is -2.15. The summed E-state index contributed by atoms with van der Waals surface area (Å²) in [6.45, 7) is 1.72. The normalized spacial score (nSPS) is 14.8. The number of carbonyl (C=O) groups excluding carboxylic acids is 2. The van der Waals surface area contributed by atoms with E-state index in [1.807, 2.05) is 0 Å². The van der Waals surface area contributed by atoms with Gasteiger partial charge in [0.1, 0.15) is 17.4 Å². The van der Waals surface area contributed by atoms with Gasteiger partial charge in [-0.2, -0.15) is 4.98 Å². The maximum Gasteiger partial charge on any atom is 0.258 e. The van der Waals surface area contributed by atoms with Gasteiger partial charge in [0, 0.05) is 12.1 Å². The number of methoxy groups -OCH3 is 1. The fraction of sp³-hybridized carbons (Fsp3) is 0.182. The smallest absolute Gasteiger partial charge is 0.258 e. The number of aromatic amines is 1. The molecule has 1 aliphatic heterocycles. The van der Waals surface area contributed by atoms with E-state index >= 15 is 0 Å². The molecule has 0 saturated heterocycles. The SMILES string of the molecule is COc1ccc(Nc2nc3c(c(=O)[nH]2)[C@@H](C(=O)Nc2ccc(C)cc2F)CC(=O)N3)cc1. The minimum Gasteiger partial charge on any atom is -0.497 e. The second-order valence-corrected chi connectivity index (χ2v) is 7.31. The van der Waals surface area contributed by atoms with E-state index in [9.17, 15) is 18.8 Å². The van der Waals surface area contributed by atoms with Gasteiger partial charge in [-0.25, -0.2) is 4.39 Å². The topological polar surface area (TPSA) is 125 Å². The molecule has 9 nitrogen and oxygen atoms in total. The second-order valence-electron chi connectivity index (χ2n) is 7.31. The minimum absolute atomic E-state index is 0.00917. The highest BCUT2D eigenvalue weighted by atomic mass is 19.1. The molecule has 0 fully saturated rings. The Kier molecular flexibility index (Phi) is 5.59. The summed E-state index contributed by atoms with van der Waals surface area (Å²) in [4.78, 5) is 44.7. The first-order valence-electron chi connectivity index (χ1n) is 9.76. The molecule has 2 heterocycles. The zero-order valence-electron chi connectivity index (χ0n) is 17.3. The number of nitrogens with one attached hydrogen (secondary N) is 4. The second kappa shape index (κ2) is 8.50. The van der Waals surface area contributed by atoms with Gasteiger partial charge < -0.3 is 20.7 Å². The van der Waals surface area contributed by atoms with E-state index in [1.54, 1.807) is 44.4 Å². The van der Waals surface area contributed by atoms with Gasteiger partial charge in [-0.1, -0.05) is 6.07 Å². The van der Waals surface area contributed by atoms with Crippen molar-refractivity contribution in [3.63, 3.8) is 0 Å². The quantitative estimate of drug-likeness (QED) is 0.486. The summed E-state index contributed by atoms with van der Waals surface area (Å²) >= 11 is 0. The fourth-order valence-electron chi connectivity index (χ4n) is 3.41. The molecular formula is C22H20FN5O4. The highest BCUT2D eigenvalue weighted by Gasteiger charge is 2.35. The Morgan fingerprint density at radius 2 is 1.94 bits per heavy atom. The maximum absolute atomic E-state index is 14.1. The Morgan fingerprint density at radius 1 is 1.19 bits per heavy atom. The molecule has 1 aliphatic rings. The van der Waals surface area contributed by atoms with E-state index in [0.717, 1.165) is 0 Å². The predicted octanol–water partition coefficient (Wildman–Crippen LogP) is 3.03. The van der Waals surface area contributed by atoms with Crippen molar-refractivity contribution < 1.29 is 18.7 Å². The number of amides is 2. The van der Waals surface area contributed by atoms with Gasteiger partial charge >= 0.3 is 0 Å².